The second-order valence-corrected chi connectivity index (χ2v) is 8.14. The monoisotopic (exact) mass is 363 g/mol. The van der Waals surface area contributed by atoms with Gasteiger partial charge in [-0.2, -0.15) is 0 Å². The van der Waals surface area contributed by atoms with Gasteiger partial charge in [-0.05, 0) is 54.9 Å². The van der Waals surface area contributed by atoms with Crippen LogP contribution in [0, 0.1) is 19.2 Å². The molecular weight excluding hydrogens is 330 g/mol. The fourth-order valence-corrected chi connectivity index (χ4v) is 3.56. The summed E-state index contributed by atoms with van der Waals surface area (Å²) in [5.41, 5.74) is 4.58. The maximum atomic E-state index is 8.86. The van der Waals surface area contributed by atoms with Gasteiger partial charge in [0, 0.05) is 24.7 Å². The van der Waals surface area contributed by atoms with E-state index in [1.807, 2.05) is 47.9 Å². The molecule has 0 aliphatic rings. The van der Waals surface area contributed by atoms with E-state index in [0.717, 1.165) is 33.5 Å². The highest BCUT2D eigenvalue weighted by molar-refractivity contribution is 5.94. The molecule has 3 aromatic heterocycles. The molecule has 27 heavy (non-hydrogen) atoms. The van der Waals surface area contributed by atoms with Gasteiger partial charge in [0.2, 0.25) is 5.69 Å². The van der Waals surface area contributed by atoms with Gasteiger partial charge in [-0.3, -0.25) is 4.40 Å². The third kappa shape index (κ3) is 3.12. The lowest BCUT2D eigenvalue weighted by Gasteiger charge is -2.19. The zero-order valence-electron chi connectivity index (χ0n) is 21.5. The Morgan fingerprint density at radius 1 is 1.19 bits per heavy atom. The van der Waals surface area contributed by atoms with Crippen LogP contribution in [0.25, 0.3) is 27.9 Å². The van der Waals surface area contributed by atoms with Crippen molar-refractivity contribution in [3.05, 3.63) is 65.5 Å². The summed E-state index contributed by atoms with van der Waals surface area (Å²) >= 11 is 0. The van der Waals surface area contributed by atoms with Crippen molar-refractivity contribution in [2.75, 3.05) is 0 Å². The second kappa shape index (κ2) is 6.19. The molecule has 0 bridgehead atoms. The molecule has 3 nitrogen and oxygen atoms in total. The quantitative estimate of drug-likeness (QED) is 0.449. The maximum Gasteiger partial charge on any atom is 0.215 e. The lowest BCUT2D eigenvalue weighted by molar-refractivity contribution is -0.660. The van der Waals surface area contributed by atoms with Gasteiger partial charge in [-0.1, -0.05) is 32.9 Å². The van der Waals surface area contributed by atoms with Gasteiger partial charge < -0.3 is 0 Å². The molecule has 3 heteroatoms. The molecule has 4 rings (SSSR count). The molecule has 0 saturated heterocycles. The second-order valence-electron chi connectivity index (χ2n) is 8.14. The molecule has 4 aromatic rings. The number of imidazole rings is 1. The van der Waals surface area contributed by atoms with Crippen molar-refractivity contribution in [3.63, 3.8) is 0 Å². The molecule has 0 N–H and O–H groups in total. The minimum absolute atomic E-state index is 0.0310. The molecular formula is C24H28N3+. The normalized spacial score (nSPS) is 16.0. The number of aromatic nitrogens is 3. The Morgan fingerprint density at radius 3 is 2.74 bits per heavy atom. The first-order valence-corrected chi connectivity index (χ1v) is 9.15. The van der Waals surface area contributed by atoms with Crippen molar-refractivity contribution < 1.29 is 11.4 Å². The molecule has 0 amide bonds. The summed E-state index contributed by atoms with van der Waals surface area (Å²) in [6, 6.07) is 11.6. The van der Waals surface area contributed by atoms with E-state index >= 15 is 0 Å². The Bertz CT molecular complexity index is 1340. The SMILES string of the molecule is [2H]C([2H])([2H])c1c[n+](C)c(-c2c(C)ccc3c2nc2ccccn23)cc1C([2H])([2H])C(C)(C)C. The Morgan fingerprint density at radius 2 is 2.00 bits per heavy atom. The third-order valence-corrected chi connectivity index (χ3v) is 4.73. The number of hydrogen-bond donors (Lipinski definition) is 0. The largest absolute Gasteiger partial charge is 0.300 e. The van der Waals surface area contributed by atoms with Gasteiger partial charge in [0.15, 0.2) is 6.20 Å². The van der Waals surface area contributed by atoms with Crippen LogP contribution in [0.1, 0.15) is 44.3 Å². The van der Waals surface area contributed by atoms with Crippen molar-refractivity contribution in [1.29, 1.82) is 0 Å². The van der Waals surface area contributed by atoms with E-state index in [2.05, 4.69) is 0 Å². The van der Waals surface area contributed by atoms with Crippen LogP contribution >= 0.6 is 0 Å². The van der Waals surface area contributed by atoms with Crippen LogP contribution in [0.2, 0.25) is 0 Å². The average Bonchev–Trinajstić information content (AvgIpc) is 3.05. The number of pyridine rings is 2. The number of fused-ring (bicyclic) bond motifs is 3. The van der Waals surface area contributed by atoms with Crippen molar-refractivity contribution in [1.82, 2.24) is 9.38 Å². The maximum absolute atomic E-state index is 8.86. The highest BCUT2D eigenvalue weighted by atomic mass is 15.0. The summed E-state index contributed by atoms with van der Waals surface area (Å²) in [7, 11) is 1.80. The molecule has 0 aliphatic carbocycles. The standard InChI is InChI=1S/C24H28N3/c1-16-10-11-19-23(25-21-9-7-8-12-27(19)21)22(16)20-13-18(14-24(3,4)5)17(2)15-26(20)6/h7-13,15H,14H2,1-6H3/q+1/i2D3,14D2. The van der Waals surface area contributed by atoms with Crippen LogP contribution in [0.3, 0.4) is 0 Å². The van der Waals surface area contributed by atoms with Crippen molar-refractivity contribution in [2.45, 2.75) is 40.9 Å². The lowest BCUT2D eigenvalue weighted by atomic mass is 9.86. The van der Waals surface area contributed by atoms with Crippen LogP contribution in [-0.4, -0.2) is 9.38 Å². The summed E-state index contributed by atoms with van der Waals surface area (Å²) in [4.78, 5) is 4.85. The molecule has 0 spiro atoms. The molecule has 0 unspecified atom stereocenters. The molecule has 0 radical (unpaired) electrons. The fraction of sp³-hybridized carbons (Fsp3) is 0.333. The first-order chi connectivity index (χ1) is 14.7. The van der Waals surface area contributed by atoms with Crippen LogP contribution in [0.5, 0.6) is 0 Å². The summed E-state index contributed by atoms with van der Waals surface area (Å²) in [6.45, 7) is 4.92. The lowest BCUT2D eigenvalue weighted by Crippen LogP contribution is -2.32. The molecule has 0 aliphatic heterocycles. The Kier molecular flexibility index (Phi) is 2.90. The first kappa shape index (κ1) is 12.7. The molecule has 3 heterocycles. The summed E-state index contributed by atoms with van der Waals surface area (Å²) in [5, 5.41) is 0. The van der Waals surface area contributed by atoms with Crippen molar-refractivity contribution >= 4 is 16.7 Å². The van der Waals surface area contributed by atoms with Gasteiger partial charge in [0.05, 0.1) is 11.1 Å². The Balaban J connectivity index is 2.11. The average molecular weight is 364 g/mol. The van der Waals surface area contributed by atoms with E-state index in [4.69, 9.17) is 11.8 Å². The molecule has 0 fully saturated rings. The summed E-state index contributed by atoms with van der Waals surface area (Å²) < 4.78 is 45.7. The number of aryl methyl sites for hydroxylation is 3. The van der Waals surface area contributed by atoms with Crippen LogP contribution in [0.4, 0.5) is 0 Å². The predicted octanol–water partition coefficient (Wildman–Crippen LogP) is 5.18. The minimum Gasteiger partial charge on any atom is -0.300 e. The van der Waals surface area contributed by atoms with E-state index in [-0.39, 0.29) is 11.1 Å². The van der Waals surface area contributed by atoms with Crippen LogP contribution < -0.4 is 4.57 Å². The topological polar surface area (TPSA) is 21.2 Å². The van der Waals surface area contributed by atoms with Crippen LogP contribution in [-0.2, 0) is 13.4 Å². The van der Waals surface area contributed by atoms with Crippen LogP contribution in [0.15, 0.2) is 48.8 Å². The van der Waals surface area contributed by atoms with Gasteiger partial charge in [-0.15, -0.1) is 0 Å². The predicted molar refractivity (Wildman–Crippen MR) is 112 cm³/mol. The van der Waals surface area contributed by atoms with E-state index < -0.39 is 18.6 Å². The van der Waals surface area contributed by atoms with E-state index in [0.29, 0.717) is 0 Å². The van der Waals surface area contributed by atoms with E-state index in [1.165, 1.54) is 0 Å². The van der Waals surface area contributed by atoms with Gasteiger partial charge in [0.1, 0.15) is 18.2 Å². The van der Waals surface area contributed by atoms with Crippen molar-refractivity contribution in [2.24, 2.45) is 12.5 Å². The number of hydrogen-bond acceptors (Lipinski definition) is 1. The zero-order valence-corrected chi connectivity index (χ0v) is 16.5. The number of nitrogens with zero attached hydrogens (tertiary/aromatic N) is 3. The molecule has 0 saturated carbocycles. The fourth-order valence-electron chi connectivity index (χ4n) is 3.56. The zero-order chi connectivity index (χ0) is 23.6. The van der Waals surface area contributed by atoms with E-state index in [1.54, 1.807) is 44.6 Å². The van der Waals surface area contributed by atoms with Gasteiger partial charge in [-0.25, -0.2) is 9.55 Å². The third-order valence-electron chi connectivity index (χ3n) is 4.73. The van der Waals surface area contributed by atoms with Crippen molar-refractivity contribution in [3.8, 4) is 11.3 Å². The molecule has 1 aromatic carbocycles. The minimum atomic E-state index is -2.44. The Labute approximate surface area is 168 Å². The highest BCUT2D eigenvalue weighted by Gasteiger charge is 2.22. The summed E-state index contributed by atoms with van der Waals surface area (Å²) in [5.74, 6) is 0. The first-order valence-electron chi connectivity index (χ1n) is 11.6. The number of benzene rings is 1. The summed E-state index contributed by atoms with van der Waals surface area (Å²) in [6.07, 6.45) is 1.65. The van der Waals surface area contributed by atoms with Gasteiger partial charge in [0.25, 0.3) is 0 Å². The molecule has 138 valence electrons. The highest BCUT2D eigenvalue weighted by Crippen LogP contribution is 2.32. The van der Waals surface area contributed by atoms with E-state index in [9.17, 15) is 0 Å². The molecule has 0 atom stereocenters. The number of rotatable bonds is 2. The Hall–Kier alpha value is -2.68. The van der Waals surface area contributed by atoms with Gasteiger partial charge >= 0.3 is 0 Å². The smallest absolute Gasteiger partial charge is 0.215 e.